The van der Waals surface area contributed by atoms with Crippen LogP contribution in [0.3, 0.4) is 0 Å². The van der Waals surface area contributed by atoms with Crippen LogP contribution in [0, 0.1) is 0 Å². The molecule has 0 amide bonds. The van der Waals surface area contributed by atoms with Crippen LogP contribution < -0.4 is 10.1 Å². The van der Waals surface area contributed by atoms with E-state index in [1.165, 1.54) is 0 Å². The van der Waals surface area contributed by atoms with E-state index >= 15 is 0 Å². The van der Waals surface area contributed by atoms with E-state index in [0.29, 0.717) is 31.1 Å². The molecular weight excluding hydrogens is 234 g/mol. The molecule has 0 bridgehead atoms. The quantitative estimate of drug-likeness (QED) is 0.495. The zero-order chi connectivity index (χ0) is 13.2. The van der Waals surface area contributed by atoms with Crippen molar-refractivity contribution in [1.29, 1.82) is 0 Å². The van der Waals surface area contributed by atoms with Crippen molar-refractivity contribution < 1.29 is 19.4 Å². The van der Waals surface area contributed by atoms with Crippen LogP contribution in [0.5, 0.6) is 5.75 Å². The molecule has 0 fully saturated rings. The van der Waals surface area contributed by atoms with E-state index in [2.05, 4.69) is 5.32 Å². The molecule has 0 unspecified atom stereocenters. The molecule has 2 N–H and O–H groups in total. The summed E-state index contributed by atoms with van der Waals surface area (Å²) in [4.78, 5) is 11.8. The van der Waals surface area contributed by atoms with E-state index in [0.717, 1.165) is 0 Å². The lowest BCUT2D eigenvalue weighted by Gasteiger charge is -2.06. The van der Waals surface area contributed by atoms with Gasteiger partial charge < -0.3 is 19.9 Å². The van der Waals surface area contributed by atoms with Crippen molar-refractivity contribution in [3.8, 4) is 5.75 Å². The largest absolute Gasteiger partial charge is 0.497 e. The van der Waals surface area contributed by atoms with E-state index in [1.54, 1.807) is 31.4 Å². The number of aliphatic hydroxyl groups excluding tert-OH is 1. The van der Waals surface area contributed by atoms with Gasteiger partial charge >= 0.3 is 0 Å². The Bertz CT molecular complexity index is 368. The zero-order valence-corrected chi connectivity index (χ0v) is 10.5. The molecular formula is C13H19NO4. The number of Topliss-reactive ketones (excluding diaryl/α,β-unsaturated/α-hetero) is 1. The van der Waals surface area contributed by atoms with Gasteiger partial charge in [-0.1, -0.05) is 12.1 Å². The molecule has 0 saturated heterocycles. The molecule has 1 rings (SSSR count). The fourth-order valence-electron chi connectivity index (χ4n) is 1.41. The Morgan fingerprint density at radius 1 is 1.39 bits per heavy atom. The second-order valence-electron chi connectivity index (χ2n) is 3.67. The molecule has 0 aliphatic rings. The summed E-state index contributed by atoms with van der Waals surface area (Å²) in [6.07, 6.45) is 0. The highest BCUT2D eigenvalue weighted by Gasteiger charge is 2.05. The van der Waals surface area contributed by atoms with E-state index in [9.17, 15) is 4.79 Å². The van der Waals surface area contributed by atoms with Crippen molar-refractivity contribution in [1.82, 2.24) is 5.32 Å². The van der Waals surface area contributed by atoms with Crippen LogP contribution in [-0.2, 0) is 4.74 Å². The Morgan fingerprint density at radius 3 is 2.94 bits per heavy atom. The third-order valence-electron chi connectivity index (χ3n) is 2.34. The van der Waals surface area contributed by atoms with Crippen LogP contribution >= 0.6 is 0 Å². The highest BCUT2D eigenvalue weighted by molar-refractivity contribution is 5.97. The van der Waals surface area contributed by atoms with Gasteiger partial charge in [-0.15, -0.1) is 0 Å². The first-order valence-corrected chi connectivity index (χ1v) is 5.84. The molecule has 5 heteroatoms. The van der Waals surface area contributed by atoms with Gasteiger partial charge in [0.1, 0.15) is 5.75 Å². The number of aliphatic hydroxyl groups is 1. The lowest BCUT2D eigenvalue weighted by Crippen LogP contribution is -2.26. The summed E-state index contributed by atoms with van der Waals surface area (Å²) in [7, 11) is 1.57. The van der Waals surface area contributed by atoms with Crippen molar-refractivity contribution >= 4 is 5.78 Å². The third kappa shape index (κ3) is 5.27. The van der Waals surface area contributed by atoms with Crippen molar-refractivity contribution in [2.24, 2.45) is 0 Å². The minimum atomic E-state index is 0.0102. The van der Waals surface area contributed by atoms with Crippen LogP contribution in [0.25, 0.3) is 0 Å². The maximum absolute atomic E-state index is 11.8. The maximum atomic E-state index is 11.8. The normalized spacial score (nSPS) is 10.3. The number of rotatable bonds is 9. The minimum absolute atomic E-state index is 0.0102. The van der Waals surface area contributed by atoms with E-state index < -0.39 is 0 Å². The number of methoxy groups -OCH3 is 1. The number of hydrogen-bond donors (Lipinski definition) is 2. The van der Waals surface area contributed by atoms with E-state index in [4.69, 9.17) is 14.6 Å². The number of ether oxygens (including phenoxy) is 2. The predicted molar refractivity (Wildman–Crippen MR) is 68.1 cm³/mol. The Labute approximate surface area is 107 Å². The SMILES string of the molecule is COc1cccc(C(=O)CNCCOCCO)c1. The molecule has 100 valence electrons. The fourth-order valence-corrected chi connectivity index (χ4v) is 1.41. The number of nitrogens with one attached hydrogen (secondary N) is 1. The molecule has 0 saturated carbocycles. The van der Waals surface area contributed by atoms with Crippen molar-refractivity contribution in [2.45, 2.75) is 0 Å². The van der Waals surface area contributed by atoms with Gasteiger partial charge in [-0.25, -0.2) is 0 Å². The summed E-state index contributed by atoms with van der Waals surface area (Å²) in [5, 5.41) is 11.5. The Balaban J connectivity index is 2.27. The van der Waals surface area contributed by atoms with Crippen LogP contribution in [0.1, 0.15) is 10.4 Å². The summed E-state index contributed by atoms with van der Waals surface area (Å²) in [6.45, 7) is 1.66. The number of carbonyl (C=O) groups is 1. The van der Waals surface area contributed by atoms with Gasteiger partial charge in [-0.2, -0.15) is 0 Å². The molecule has 0 atom stereocenters. The van der Waals surface area contributed by atoms with Crippen molar-refractivity contribution in [3.05, 3.63) is 29.8 Å². The Kier molecular flexibility index (Phi) is 7.01. The summed E-state index contributed by atoms with van der Waals surface area (Å²) >= 11 is 0. The Hall–Kier alpha value is -1.43. The number of benzene rings is 1. The van der Waals surface area contributed by atoms with E-state index in [1.807, 2.05) is 0 Å². The zero-order valence-electron chi connectivity index (χ0n) is 10.5. The second kappa shape index (κ2) is 8.63. The molecule has 1 aromatic rings. The highest BCUT2D eigenvalue weighted by atomic mass is 16.5. The third-order valence-corrected chi connectivity index (χ3v) is 2.34. The molecule has 18 heavy (non-hydrogen) atoms. The van der Waals surface area contributed by atoms with Gasteiger partial charge in [-0.3, -0.25) is 4.79 Å². The van der Waals surface area contributed by atoms with Gasteiger partial charge in [-0.05, 0) is 12.1 Å². The maximum Gasteiger partial charge on any atom is 0.176 e. The van der Waals surface area contributed by atoms with Gasteiger partial charge in [0, 0.05) is 12.1 Å². The molecule has 0 aliphatic heterocycles. The molecule has 0 radical (unpaired) electrons. The number of hydrogen-bond acceptors (Lipinski definition) is 5. The average Bonchev–Trinajstić information content (AvgIpc) is 2.42. The van der Waals surface area contributed by atoms with Crippen LogP contribution in [0.15, 0.2) is 24.3 Å². The molecule has 5 nitrogen and oxygen atoms in total. The molecule has 0 heterocycles. The minimum Gasteiger partial charge on any atom is -0.497 e. The second-order valence-corrected chi connectivity index (χ2v) is 3.67. The van der Waals surface area contributed by atoms with Crippen LogP contribution in [-0.4, -0.2) is 50.9 Å². The van der Waals surface area contributed by atoms with Crippen LogP contribution in [0.2, 0.25) is 0 Å². The predicted octanol–water partition coefficient (Wildman–Crippen LogP) is 0.476. The molecule has 0 aliphatic carbocycles. The van der Waals surface area contributed by atoms with Gasteiger partial charge in [0.2, 0.25) is 0 Å². The van der Waals surface area contributed by atoms with Crippen LogP contribution in [0.4, 0.5) is 0 Å². The van der Waals surface area contributed by atoms with Crippen molar-refractivity contribution in [3.63, 3.8) is 0 Å². The standard InChI is InChI=1S/C13H19NO4/c1-17-12-4-2-3-11(9-12)13(16)10-14-5-7-18-8-6-15/h2-4,9,14-15H,5-8,10H2,1H3. The number of ketones is 1. The van der Waals surface area contributed by atoms with Gasteiger partial charge in [0.25, 0.3) is 0 Å². The van der Waals surface area contributed by atoms with Gasteiger partial charge in [0.05, 0.1) is 33.5 Å². The highest BCUT2D eigenvalue weighted by Crippen LogP contribution is 2.12. The Morgan fingerprint density at radius 2 is 2.22 bits per heavy atom. The summed E-state index contributed by atoms with van der Waals surface area (Å²) in [6, 6.07) is 7.06. The molecule has 0 aromatic heterocycles. The lowest BCUT2D eigenvalue weighted by molar-refractivity contribution is 0.0906. The molecule has 1 aromatic carbocycles. The van der Waals surface area contributed by atoms with E-state index in [-0.39, 0.29) is 18.9 Å². The lowest BCUT2D eigenvalue weighted by atomic mass is 10.1. The first-order valence-electron chi connectivity index (χ1n) is 5.84. The summed E-state index contributed by atoms with van der Waals surface area (Å²) in [5.74, 6) is 0.684. The van der Waals surface area contributed by atoms with Gasteiger partial charge in [0.15, 0.2) is 5.78 Å². The monoisotopic (exact) mass is 253 g/mol. The van der Waals surface area contributed by atoms with Crippen molar-refractivity contribution in [2.75, 3.05) is 40.0 Å². The summed E-state index contributed by atoms with van der Waals surface area (Å²) in [5.41, 5.74) is 0.623. The first-order chi connectivity index (χ1) is 8.77. The summed E-state index contributed by atoms with van der Waals surface area (Å²) < 4.78 is 10.1. The topological polar surface area (TPSA) is 67.8 Å². The first kappa shape index (κ1) is 14.6. The smallest absolute Gasteiger partial charge is 0.176 e. The fraction of sp³-hybridized carbons (Fsp3) is 0.462. The molecule has 0 spiro atoms. The average molecular weight is 253 g/mol. The number of carbonyl (C=O) groups excluding carboxylic acids is 1.